The van der Waals surface area contributed by atoms with Crippen molar-refractivity contribution in [2.75, 3.05) is 6.54 Å². The van der Waals surface area contributed by atoms with E-state index in [1.54, 1.807) is 0 Å². The minimum atomic E-state index is -1.81. The summed E-state index contributed by atoms with van der Waals surface area (Å²) in [5.74, 6) is -2.33. The highest BCUT2D eigenvalue weighted by molar-refractivity contribution is 5.76. The van der Waals surface area contributed by atoms with Crippen LogP contribution < -0.4 is 0 Å². The Balaban J connectivity index is 1.56. The maximum atomic E-state index is 15.1. The highest BCUT2D eigenvalue weighted by Crippen LogP contribution is 2.31. The molecular formula is C28H29F2N3O5. The molecule has 3 aromatic rings. The van der Waals surface area contributed by atoms with Crippen molar-refractivity contribution in [1.82, 2.24) is 14.9 Å². The first kappa shape index (κ1) is 27.0. The van der Waals surface area contributed by atoms with E-state index in [0.717, 1.165) is 5.56 Å². The maximum absolute atomic E-state index is 15.1. The van der Waals surface area contributed by atoms with Crippen molar-refractivity contribution in [1.29, 1.82) is 0 Å². The van der Waals surface area contributed by atoms with Crippen LogP contribution in [0.15, 0.2) is 86.8 Å². The van der Waals surface area contributed by atoms with Crippen LogP contribution in [0.25, 0.3) is 0 Å². The normalized spacial score (nSPS) is 14.4. The van der Waals surface area contributed by atoms with E-state index in [1.807, 2.05) is 42.2 Å². The number of carboxylic acid groups (broad SMARTS) is 1. The van der Waals surface area contributed by atoms with Crippen molar-refractivity contribution in [3.63, 3.8) is 0 Å². The first-order valence-corrected chi connectivity index (χ1v) is 12.1. The fourth-order valence-electron chi connectivity index (χ4n) is 3.91. The van der Waals surface area contributed by atoms with E-state index in [4.69, 9.17) is 13.6 Å². The van der Waals surface area contributed by atoms with Crippen LogP contribution in [0.5, 0.6) is 0 Å². The van der Waals surface area contributed by atoms with Crippen molar-refractivity contribution >= 4 is 5.97 Å². The maximum Gasteiger partial charge on any atom is 0.347 e. The minimum Gasteiger partial charge on any atom is -0.478 e. The molecule has 8 nitrogen and oxygen atoms in total. The summed E-state index contributed by atoms with van der Waals surface area (Å²) in [5.41, 5.74) is 0.513. The molecule has 0 radical (unpaired) electrons. The van der Waals surface area contributed by atoms with Gasteiger partial charge >= 0.3 is 5.97 Å². The first-order valence-electron chi connectivity index (χ1n) is 12.1. The summed E-state index contributed by atoms with van der Waals surface area (Å²) in [6.07, 6.45) is 5.99. The molecule has 0 atom stereocenters. The number of ether oxygens (including phenoxy) is 1. The molecule has 4 rings (SSSR count). The van der Waals surface area contributed by atoms with Crippen molar-refractivity contribution in [2.45, 2.75) is 52.3 Å². The molecule has 1 aliphatic rings. The summed E-state index contributed by atoms with van der Waals surface area (Å²) in [6, 6.07) is 9.84. The number of rotatable bonds is 11. The number of halogens is 2. The highest BCUT2D eigenvalue weighted by Gasteiger charge is 2.33. The molecule has 2 aromatic heterocycles. The third kappa shape index (κ3) is 6.83. The molecule has 0 amide bonds. The van der Waals surface area contributed by atoms with Crippen LogP contribution in [-0.2, 0) is 29.0 Å². The molecule has 38 heavy (non-hydrogen) atoms. The summed E-state index contributed by atoms with van der Waals surface area (Å²) < 4.78 is 46.3. The Morgan fingerprint density at radius 3 is 2.61 bits per heavy atom. The quantitative estimate of drug-likeness (QED) is 0.335. The van der Waals surface area contributed by atoms with Gasteiger partial charge in [-0.3, -0.25) is 4.90 Å². The zero-order chi connectivity index (χ0) is 27.3. The van der Waals surface area contributed by atoms with Crippen molar-refractivity contribution in [3.8, 4) is 0 Å². The SMILES string of the molecule is Cc1oc(Cc2ccccc2)nc1CN(CC1=CC(F)=C(OC(C)(C)C(=O)O)C(F)=CC1)Cc1ncco1. The van der Waals surface area contributed by atoms with Crippen LogP contribution in [0.2, 0.25) is 0 Å². The molecule has 1 aromatic carbocycles. The van der Waals surface area contributed by atoms with Crippen molar-refractivity contribution in [2.24, 2.45) is 0 Å². The topological polar surface area (TPSA) is 102 Å². The largest absolute Gasteiger partial charge is 0.478 e. The Hall–Kier alpha value is -4.05. The predicted octanol–water partition coefficient (Wildman–Crippen LogP) is 5.81. The standard InChI is InChI=1S/C28H29F2N3O5/c1-18-23(32-24(37-18)14-19-7-5-4-6-8-19)16-33(17-25-31-11-12-36-25)15-20-9-10-21(29)26(22(30)13-20)38-28(2,3)27(34)35/h4-8,10-13H,9,14-17H2,1-3H3,(H,34,35). The molecule has 1 N–H and O–H groups in total. The second kappa shape index (κ2) is 11.6. The van der Waals surface area contributed by atoms with Crippen LogP contribution in [0.1, 0.15) is 49.1 Å². The third-order valence-electron chi connectivity index (χ3n) is 5.96. The number of hydrogen-bond acceptors (Lipinski definition) is 7. The monoisotopic (exact) mass is 525 g/mol. The molecule has 10 heteroatoms. The van der Waals surface area contributed by atoms with Gasteiger partial charge in [-0.25, -0.2) is 23.5 Å². The second-order valence-corrected chi connectivity index (χ2v) is 9.50. The van der Waals surface area contributed by atoms with Gasteiger partial charge in [-0.2, -0.15) is 0 Å². The molecule has 1 aliphatic carbocycles. The fourth-order valence-corrected chi connectivity index (χ4v) is 3.91. The second-order valence-electron chi connectivity index (χ2n) is 9.50. The van der Waals surface area contributed by atoms with Gasteiger partial charge in [0, 0.05) is 19.5 Å². The van der Waals surface area contributed by atoms with Crippen LogP contribution in [0, 0.1) is 6.92 Å². The van der Waals surface area contributed by atoms with Crippen molar-refractivity contribution < 1.29 is 32.3 Å². The van der Waals surface area contributed by atoms with E-state index in [2.05, 4.69) is 9.97 Å². The number of oxazole rings is 2. The zero-order valence-electron chi connectivity index (χ0n) is 21.4. The summed E-state index contributed by atoms with van der Waals surface area (Å²) >= 11 is 0. The highest BCUT2D eigenvalue weighted by atomic mass is 19.1. The number of allylic oxidation sites excluding steroid dienone is 4. The lowest BCUT2D eigenvalue weighted by Crippen LogP contribution is -2.34. The van der Waals surface area contributed by atoms with Gasteiger partial charge in [0.05, 0.1) is 18.4 Å². The molecule has 0 spiro atoms. The molecule has 0 fully saturated rings. The Bertz CT molecular complexity index is 1360. The Labute approximate surface area is 218 Å². The molecule has 0 bridgehead atoms. The first-order chi connectivity index (χ1) is 18.1. The van der Waals surface area contributed by atoms with Crippen LogP contribution in [0.3, 0.4) is 0 Å². The van der Waals surface area contributed by atoms with E-state index < -0.39 is 29.0 Å². The van der Waals surface area contributed by atoms with Crippen molar-refractivity contribution in [3.05, 3.63) is 107 Å². The lowest BCUT2D eigenvalue weighted by Gasteiger charge is -2.22. The third-order valence-corrected chi connectivity index (χ3v) is 5.96. The Morgan fingerprint density at radius 2 is 1.92 bits per heavy atom. The van der Waals surface area contributed by atoms with Gasteiger partial charge in [0.15, 0.2) is 28.9 Å². The zero-order valence-corrected chi connectivity index (χ0v) is 21.4. The average Bonchev–Trinajstić information content (AvgIpc) is 3.47. The number of carbonyl (C=O) groups is 1. The molecule has 0 aliphatic heterocycles. The van der Waals surface area contributed by atoms with Crippen LogP contribution >= 0.6 is 0 Å². The van der Waals surface area contributed by atoms with Crippen LogP contribution in [0.4, 0.5) is 8.78 Å². The molecular weight excluding hydrogens is 496 g/mol. The predicted molar refractivity (Wildman–Crippen MR) is 134 cm³/mol. The number of benzene rings is 1. The lowest BCUT2D eigenvalue weighted by molar-refractivity contribution is -0.156. The molecule has 0 saturated heterocycles. The lowest BCUT2D eigenvalue weighted by atomic mass is 10.1. The van der Waals surface area contributed by atoms with E-state index in [9.17, 15) is 14.3 Å². The van der Waals surface area contributed by atoms with Crippen LogP contribution in [-0.4, -0.2) is 38.1 Å². The van der Waals surface area contributed by atoms with Gasteiger partial charge in [-0.1, -0.05) is 30.3 Å². The smallest absolute Gasteiger partial charge is 0.347 e. The number of aliphatic carboxylic acids is 1. The van der Waals surface area contributed by atoms with Gasteiger partial charge in [-0.15, -0.1) is 0 Å². The molecule has 0 unspecified atom stereocenters. The molecule has 0 saturated carbocycles. The van der Waals surface area contributed by atoms with E-state index in [1.165, 1.54) is 38.5 Å². The molecule has 200 valence electrons. The Kier molecular flexibility index (Phi) is 8.21. The summed E-state index contributed by atoms with van der Waals surface area (Å²) in [4.78, 5) is 22.2. The van der Waals surface area contributed by atoms with Gasteiger partial charge in [0.1, 0.15) is 12.0 Å². The number of nitrogens with zero attached hydrogens (tertiary/aromatic N) is 3. The van der Waals surface area contributed by atoms with Gasteiger partial charge < -0.3 is 18.7 Å². The fraction of sp³-hybridized carbons (Fsp3) is 0.321. The number of aryl methyl sites for hydroxylation is 1. The number of carboxylic acids is 1. The van der Waals surface area contributed by atoms with Gasteiger partial charge in [0.25, 0.3) is 0 Å². The number of hydrogen-bond donors (Lipinski definition) is 1. The summed E-state index contributed by atoms with van der Waals surface area (Å²) in [5, 5.41) is 9.29. The van der Waals surface area contributed by atoms with E-state index in [0.29, 0.717) is 41.8 Å². The summed E-state index contributed by atoms with van der Waals surface area (Å²) in [6.45, 7) is 5.15. The molecule has 2 heterocycles. The van der Waals surface area contributed by atoms with E-state index in [-0.39, 0.29) is 19.5 Å². The minimum absolute atomic E-state index is 0.0960. The Morgan fingerprint density at radius 1 is 1.16 bits per heavy atom. The van der Waals surface area contributed by atoms with E-state index >= 15 is 4.39 Å². The number of aromatic nitrogens is 2. The van der Waals surface area contributed by atoms with Gasteiger partial charge in [-0.05, 0) is 50.5 Å². The summed E-state index contributed by atoms with van der Waals surface area (Å²) in [7, 11) is 0. The average molecular weight is 526 g/mol. The van der Waals surface area contributed by atoms with Gasteiger partial charge in [0.2, 0.25) is 5.89 Å².